The number of para-hydroxylation sites is 1. The molecule has 0 saturated heterocycles. The van der Waals surface area contributed by atoms with Crippen LogP contribution in [0.1, 0.15) is 19.4 Å². The maximum atomic E-state index is 5.72. The lowest BCUT2D eigenvalue weighted by Gasteiger charge is -2.22. The van der Waals surface area contributed by atoms with Crippen LogP contribution in [0.2, 0.25) is 0 Å². The van der Waals surface area contributed by atoms with Crippen LogP contribution in [0, 0.1) is 5.92 Å². The van der Waals surface area contributed by atoms with Crippen molar-refractivity contribution in [2.75, 3.05) is 31.7 Å². The molecule has 0 aliphatic carbocycles. The molecule has 18 heavy (non-hydrogen) atoms. The summed E-state index contributed by atoms with van der Waals surface area (Å²) in [5, 5.41) is 0. The van der Waals surface area contributed by atoms with Gasteiger partial charge in [-0.25, -0.2) is 0 Å². The van der Waals surface area contributed by atoms with E-state index in [-0.39, 0.29) is 0 Å². The van der Waals surface area contributed by atoms with Crippen molar-refractivity contribution < 1.29 is 4.74 Å². The second-order valence-electron chi connectivity index (χ2n) is 4.77. The Hall–Kier alpha value is -1.13. The van der Waals surface area contributed by atoms with Crippen molar-refractivity contribution in [3.63, 3.8) is 0 Å². The SMILES string of the molecule is CC(C)COCCN(C)c1ccccc1C(N)=S. The number of thiocarbonyl (C=S) groups is 1. The van der Waals surface area contributed by atoms with Gasteiger partial charge in [-0.1, -0.05) is 38.2 Å². The van der Waals surface area contributed by atoms with Gasteiger partial charge >= 0.3 is 0 Å². The van der Waals surface area contributed by atoms with Crippen molar-refractivity contribution in [3.05, 3.63) is 29.8 Å². The molecule has 0 radical (unpaired) electrons. The molecule has 0 amide bonds. The average Bonchev–Trinajstić information content (AvgIpc) is 2.34. The molecular formula is C14H22N2OS. The van der Waals surface area contributed by atoms with E-state index in [1.165, 1.54) is 0 Å². The molecule has 0 aromatic heterocycles. The van der Waals surface area contributed by atoms with Crippen molar-refractivity contribution >= 4 is 22.9 Å². The number of anilines is 1. The molecule has 100 valence electrons. The Kier molecular flexibility index (Phi) is 6.09. The van der Waals surface area contributed by atoms with Gasteiger partial charge in [0.05, 0.1) is 6.61 Å². The number of rotatable bonds is 7. The molecule has 0 unspecified atom stereocenters. The maximum Gasteiger partial charge on any atom is 0.106 e. The van der Waals surface area contributed by atoms with Crippen molar-refractivity contribution in [1.82, 2.24) is 0 Å². The molecule has 4 heteroatoms. The van der Waals surface area contributed by atoms with Gasteiger partial charge in [0.1, 0.15) is 4.99 Å². The number of hydrogen-bond donors (Lipinski definition) is 1. The van der Waals surface area contributed by atoms with Crippen LogP contribution >= 0.6 is 12.2 Å². The molecule has 0 aliphatic heterocycles. The number of nitrogens with two attached hydrogens (primary N) is 1. The molecule has 0 aliphatic rings. The summed E-state index contributed by atoms with van der Waals surface area (Å²) >= 11 is 5.06. The quantitative estimate of drug-likeness (QED) is 0.607. The molecule has 1 aromatic carbocycles. The Morgan fingerprint density at radius 3 is 2.67 bits per heavy atom. The molecule has 2 N–H and O–H groups in total. The fraction of sp³-hybridized carbons (Fsp3) is 0.500. The largest absolute Gasteiger partial charge is 0.389 e. The van der Waals surface area contributed by atoms with E-state index < -0.39 is 0 Å². The highest BCUT2D eigenvalue weighted by atomic mass is 32.1. The van der Waals surface area contributed by atoms with Crippen molar-refractivity contribution in [2.24, 2.45) is 11.7 Å². The van der Waals surface area contributed by atoms with Gasteiger partial charge in [0, 0.05) is 31.5 Å². The van der Waals surface area contributed by atoms with Crippen LogP contribution in [-0.4, -0.2) is 31.8 Å². The summed E-state index contributed by atoms with van der Waals surface area (Å²) in [4.78, 5) is 2.55. The fourth-order valence-electron chi connectivity index (χ4n) is 1.66. The predicted octanol–water partition coefficient (Wildman–Crippen LogP) is 2.43. The Morgan fingerprint density at radius 1 is 1.39 bits per heavy atom. The highest BCUT2D eigenvalue weighted by Gasteiger charge is 2.08. The lowest BCUT2D eigenvalue weighted by molar-refractivity contribution is 0.116. The first-order valence-corrected chi connectivity index (χ1v) is 6.61. The Bertz CT molecular complexity index is 393. The lowest BCUT2D eigenvalue weighted by Crippen LogP contribution is -2.26. The topological polar surface area (TPSA) is 38.5 Å². The molecule has 3 nitrogen and oxygen atoms in total. The summed E-state index contributed by atoms with van der Waals surface area (Å²) in [5.41, 5.74) is 7.69. The minimum absolute atomic E-state index is 0.431. The zero-order chi connectivity index (χ0) is 13.5. The summed E-state index contributed by atoms with van der Waals surface area (Å²) in [6.45, 7) is 6.62. The fourth-order valence-corrected chi connectivity index (χ4v) is 1.83. The number of benzene rings is 1. The smallest absolute Gasteiger partial charge is 0.106 e. The number of hydrogen-bond acceptors (Lipinski definition) is 3. The van der Waals surface area contributed by atoms with Gasteiger partial charge in [-0.3, -0.25) is 0 Å². The average molecular weight is 266 g/mol. The van der Waals surface area contributed by atoms with Gasteiger partial charge < -0.3 is 15.4 Å². The first kappa shape index (κ1) is 14.9. The van der Waals surface area contributed by atoms with E-state index in [1.54, 1.807) is 0 Å². The second kappa shape index (κ2) is 7.34. The van der Waals surface area contributed by atoms with E-state index in [0.717, 1.165) is 24.4 Å². The van der Waals surface area contributed by atoms with Crippen LogP contribution in [-0.2, 0) is 4.74 Å². The monoisotopic (exact) mass is 266 g/mol. The molecule has 0 atom stereocenters. The third kappa shape index (κ3) is 4.63. The van der Waals surface area contributed by atoms with Gasteiger partial charge in [-0.05, 0) is 18.1 Å². The minimum atomic E-state index is 0.431. The van der Waals surface area contributed by atoms with Crippen LogP contribution in [0.5, 0.6) is 0 Å². The summed E-state index contributed by atoms with van der Waals surface area (Å²) < 4.78 is 5.58. The van der Waals surface area contributed by atoms with Crippen LogP contribution in [0.25, 0.3) is 0 Å². The van der Waals surface area contributed by atoms with Gasteiger partial charge in [-0.2, -0.15) is 0 Å². The normalized spacial score (nSPS) is 10.7. The maximum absolute atomic E-state index is 5.72. The Morgan fingerprint density at radius 2 is 2.06 bits per heavy atom. The van der Waals surface area contributed by atoms with Crippen LogP contribution in [0.15, 0.2) is 24.3 Å². The molecule has 1 rings (SSSR count). The number of likely N-dealkylation sites (N-methyl/N-ethyl adjacent to an activating group) is 1. The molecule has 1 aromatic rings. The molecule has 0 saturated carbocycles. The van der Waals surface area contributed by atoms with Crippen molar-refractivity contribution in [3.8, 4) is 0 Å². The first-order valence-electron chi connectivity index (χ1n) is 6.20. The second-order valence-corrected chi connectivity index (χ2v) is 5.21. The van der Waals surface area contributed by atoms with Gasteiger partial charge in [0.15, 0.2) is 0 Å². The summed E-state index contributed by atoms with van der Waals surface area (Å²) in [6, 6.07) is 7.91. The summed E-state index contributed by atoms with van der Waals surface area (Å²) in [5.74, 6) is 0.569. The summed E-state index contributed by atoms with van der Waals surface area (Å²) in [6.07, 6.45) is 0. The molecule has 0 fully saturated rings. The first-order chi connectivity index (χ1) is 8.52. The highest BCUT2D eigenvalue weighted by molar-refractivity contribution is 7.80. The zero-order valence-corrected chi connectivity index (χ0v) is 12.2. The van der Waals surface area contributed by atoms with Crippen LogP contribution < -0.4 is 10.6 Å². The zero-order valence-electron chi connectivity index (χ0n) is 11.3. The van der Waals surface area contributed by atoms with Gasteiger partial charge in [-0.15, -0.1) is 0 Å². The van der Waals surface area contributed by atoms with E-state index in [4.69, 9.17) is 22.7 Å². The third-order valence-corrected chi connectivity index (χ3v) is 2.82. The summed E-state index contributed by atoms with van der Waals surface area (Å²) in [7, 11) is 2.02. The molecular weight excluding hydrogens is 244 g/mol. The van der Waals surface area contributed by atoms with Crippen molar-refractivity contribution in [2.45, 2.75) is 13.8 Å². The highest BCUT2D eigenvalue weighted by Crippen LogP contribution is 2.18. The van der Waals surface area contributed by atoms with Crippen LogP contribution in [0.3, 0.4) is 0 Å². The van der Waals surface area contributed by atoms with Crippen molar-refractivity contribution in [1.29, 1.82) is 0 Å². The third-order valence-electron chi connectivity index (χ3n) is 2.60. The number of nitrogens with zero attached hydrogens (tertiary/aromatic N) is 1. The minimum Gasteiger partial charge on any atom is -0.389 e. The van der Waals surface area contributed by atoms with E-state index in [1.807, 2.05) is 31.3 Å². The molecule has 0 spiro atoms. The Labute approximate surface area is 115 Å². The van der Waals surface area contributed by atoms with E-state index in [0.29, 0.717) is 17.5 Å². The Balaban J connectivity index is 2.56. The standard InChI is InChI=1S/C14H22N2OS/c1-11(2)10-17-9-8-16(3)13-7-5-4-6-12(13)14(15)18/h4-7,11H,8-10H2,1-3H3,(H2,15,18). The van der Waals surface area contributed by atoms with E-state index >= 15 is 0 Å². The predicted molar refractivity (Wildman–Crippen MR) is 81.3 cm³/mol. The van der Waals surface area contributed by atoms with E-state index in [9.17, 15) is 0 Å². The molecule has 0 bridgehead atoms. The lowest BCUT2D eigenvalue weighted by atomic mass is 10.1. The van der Waals surface area contributed by atoms with Gasteiger partial charge in [0.2, 0.25) is 0 Å². The van der Waals surface area contributed by atoms with E-state index in [2.05, 4.69) is 18.7 Å². The van der Waals surface area contributed by atoms with Gasteiger partial charge in [0.25, 0.3) is 0 Å². The molecule has 0 heterocycles. The number of ether oxygens (including phenoxy) is 1. The van der Waals surface area contributed by atoms with Crippen LogP contribution in [0.4, 0.5) is 5.69 Å².